The minimum Gasteiger partial charge on any atom is -0.481 e. The number of nitrogens with zero attached hydrogens (tertiary/aromatic N) is 2. The van der Waals surface area contributed by atoms with Crippen molar-refractivity contribution in [2.24, 2.45) is 11.8 Å². The fourth-order valence-corrected chi connectivity index (χ4v) is 2.60. The molecule has 1 aromatic carbocycles. The number of carboxylic acids is 1. The molecule has 1 aliphatic heterocycles. The molecule has 1 saturated heterocycles. The molecule has 21 heavy (non-hydrogen) atoms. The van der Waals surface area contributed by atoms with Crippen LogP contribution >= 0.6 is 0 Å². The van der Waals surface area contributed by atoms with E-state index < -0.39 is 11.9 Å². The summed E-state index contributed by atoms with van der Waals surface area (Å²) in [6, 6.07) is 8.80. The number of nitrogens with one attached hydrogen (secondary N) is 1. The van der Waals surface area contributed by atoms with Gasteiger partial charge in [-0.2, -0.15) is 5.26 Å². The normalized spacial score (nSPS) is 21.7. The Labute approximate surface area is 123 Å². The van der Waals surface area contributed by atoms with Gasteiger partial charge < -0.3 is 10.4 Å². The molecule has 2 rings (SSSR count). The summed E-state index contributed by atoms with van der Waals surface area (Å²) in [6.45, 7) is 2.98. The second kappa shape index (κ2) is 6.37. The molecule has 1 heterocycles. The molecule has 0 aromatic heterocycles. The molecular formula is C15H17N3O3. The molecule has 0 radical (unpaired) electrons. The van der Waals surface area contributed by atoms with Crippen molar-refractivity contribution in [3.8, 4) is 6.07 Å². The summed E-state index contributed by atoms with van der Waals surface area (Å²) in [5.74, 6) is -1.46. The van der Waals surface area contributed by atoms with Gasteiger partial charge in [0.15, 0.2) is 0 Å². The number of hydrogen-bond donors (Lipinski definition) is 2. The number of benzene rings is 1. The summed E-state index contributed by atoms with van der Waals surface area (Å²) in [5, 5.41) is 20.7. The maximum atomic E-state index is 12.0. The molecular weight excluding hydrogens is 270 g/mol. The van der Waals surface area contributed by atoms with Gasteiger partial charge in [0.25, 0.3) is 0 Å². The number of para-hydroxylation sites is 1. The molecule has 1 fully saturated rings. The van der Waals surface area contributed by atoms with Gasteiger partial charge in [-0.15, -0.1) is 0 Å². The summed E-state index contributed by atoms with van der Waals surface area (Å²) >= 11 is 0. The zero-order valence-electron chi connectivity index (χ0n) is 11.7. The fourth-order valence-electron chi connectivity index (χ4n) is 2.60. The molecule has 1 amide bonds. The van der Waals surface area contributed by atoms with Crippen LogP contribution in [-0.2, 0) is 9.59 Å². The minimum absolute atomic E-state index is 0.0293. The lowest BCUT2D eigenvalue weighted by atomic mass is 9.99. The number of aliphatic carboxylic acids is 1. The van der Waals surface area contributed by atoms with Gasteiger partial charge in [0.05, 0.1) is 23.7 Å². The quantitative estimate of drug-likeness (QED) is 0.866. The number of likely N-dealkylation sites (tertiary alicyclic amines) is 1. The predicted molar refractivity (Wildman–Crippen MR) is 76.5 cm³/mol. The van der Waals surface area contributed by atoms with Crippen molar-refractivity contribution < 1.29 is 14.7 Å². The Hall–Kier alpha value is -2.39. The SMILES string of the molecule is C[C@@H]1CN(CC(=O)Nc2ccccc2C#N)C[C@H]1C(=O)O. The van der Waals surface area contributed by atoms with Gasteiger partial charge in [-0.25, -0.2) is 0 Å². The Kier molecular flexibility index (Phi) is 4.55. The highest BCUT2D eigenvalue weighted by Crippen LogP contribution is 2.23. The number of carboxylic acid groups (broad SMARTS) is 1. The highest BCUT2D eigenvalue weighted by atomic mass is 16.4. The zero-order chi connectivity index (χ0) is 15.4. The van der Waals surface area contributed by atoms with Crippen molar-refractivity contribution in [1.29, 1.82) is 5.26 Å². The Morgan fingerprint density at radius 3 is 2.76 bits per heavy atom. The Balaban J connectivity index is 1.94. The van der Waals surface area contributed by atoms with E-state index in [2.05, 4.69) is 5.32 Å². The van der Waals surface area contributed by atoms with E-state index in [4.69, 9.17) is 10.4 Å². The third-order valence-electron chi connectivity index (χ3n) is 3.69. The number of nitriles is 1. The van der Waals surface area contributed by atoms with Crippen LogP contribution in [0.1, 0.15) is 12.5 Å². The average Bonchev–Trinajstić information content (AvgIpc) is 2.80. The van der Waals surface area contributed by atoms with E-state index in [0.717, 1.165) is 0 Å². The summed E-state index contributed by atoms with van der Waals surface area (Å²) in [5.41, 5.74) is 0.885. The van der Waals surface area contributed by atoms with Crippen molar-refractivity contribution in [1.82, 2.24) is 4.90 Å². The molecule has 2 atom stereocenters. The van der Waals surface area contributed by atoms with E-state index in [1.807, 2.05) is 17.9 Å². The Morgan fingerprint density at radius 1 is 1.43 bits per heavy atom. The molecule has 6 nitrogen and oxygen atoms in total. The third-order valence-corrected chi connectivity index (χ3v) is 3.69. The molecule has 0 saturated carbocycles. The van der Waals surface area contributed by atoms with Crippen LogP contribution in [0, 0.1) is 23.2 Å². The van der Waals surface area contributed by atoms with E-state index in [-0.39, 0.29) is 18.4 Å². The largest absolute Gasteiger partial charge is 0.481 e. The standard InChI is InChI=1S/C15H17N3O3/c1-10-7-18(8-12(10)15(20)21)9-14(19)17-13-5-3-2-4-11(13)6-16/h2-5,10,12H,7-9H2,1H3,(H,17,19)(H,20,21)/t10-,12-/m1/s1. The maximum Gasteiger partial charge on any atom is 0.308 e. The zero-order valence-corrected chi connectivity index (χ0v) is 11.7. The monoisotopic (exact) mass is 287 g/mol. The summed E-state index contributed by atoms with van der Waals surface area (Å²) in [6.07, 6.45) is 0. The lowest BCUT2D eigenvalue weighted by Crippen LogP contribution is -2.32. The van der Waals surface area contributed by atoms with Gasteiger partial charge in [-0.05, 0) is 18.1 Å². The highest BCUT2D eigenvalue weighted by Gasteiger charge is 2.35. The van der Waals surface area contributed by atoms with E-state index in [1.54, 1.807) is 24.3 Å². The molecule has 1 aromatic rings. The van der Waals surface area contributed by atoms with Crippen LogP contribution in [0.5, 0.6) is 0 Å². The highest BCUT2D eigenvalue weighted by molar-refractivity contribution is 5.93. The van der Waals surface area contributed by atoms with Crippen molar-refractivity contribution in [2.45, 2.75) is 6.92 Å². The van der Waals surface area contributed by atoms with Crippen molar-refractivity contribution in [3.05, 3.63) is 29.8 Å². The van der Waals surface area contributed by atoms with Crippen molar-refractivity contribution >= 4 is 17.6 Å². The molecule has 0 aliphatic carbocycles. The number of anilines is 1. The summed E-state index contributed by atoms with van der Waals surface area (Å²) < 4.78 is 0. The second-order valence-corrected chi connectivity index (χ2v) is 5.32. The molecule has 0 bridgehead atoms. The third kappa shape index (κ3) is 3.58. The lowest BCUT2D eigenvalue weighted by molar-refractivity contribution is -0.142. The van der Waals surface area contributed by atoms with Gasteiger partial charge in [-0.3, -0.25) is 14.5 Å². The average molecular weight is 287 g/mol. The van der Waals surface area contributed by atoms with Gasteiger partial charge in [0, 0.05) is 13.1 Å². The van der Waals surface area contributed by atoms with E-state index in [1.165, 1.54) is 0 Å². The number of hydrogen-bond acceptors (Lipinski definition) is 4. The predicted octanol–water partition coefficient (Wildman–Crippen LogP) is 1.15. The smallest absolute Gasteiger partial charge is 0.308 e. The minimum atomic E-state index is -0.819. The van der Waals surface area contributed by atoms with Gasteiger partial charge >= 0.3 is 5.97 Å². The summed E-state index contributed by atoms with van der Waals surface area (Å²) in [7, 11) is 0. The maximum absolute atomic E-state index is 12.0. The van der Waals surface area contributed by atoms with Crippen molar-refractivity contribution in [3.63, 3.8) is 0 Å². The molecule has 2 N–H and O–H groups in total. The van der Waals surface area contributed by atoms with E-state index in [9.17, 15) is 9.59 Å². The Bertz CT molecular complexity index is 594. The molecule has 0 spiro atoms. The summed E-state index contributed by atoms with van der Waals surface area (Å²) in [4.78, 5) is 24.9. The molecule has 1 aliphatic rings. The van der Waals surface area contributed by atoms with Gasteiger partial charge in [0.1, 0.15) is 6.07 Å². The van der Waals surface area contributed by atoms with Crippen LogP contribution in [0.4, 0.5) is 5.69 Å². The number of amides is 1. The van der Waals surface area contributed by atoms with Crippen LogP contribution in [0.2, 0.25) is 0 Å². The van der Waals surface area contributed by atoms with Crippen LogP contribution < -0.4 is 5.32 Å². The topological polar surface area (TPSA) is 93.4 Å². The first-order chi connectivity index (χ1) is 10.0. The fraction of sp³-hybridized carbons (Fsp3) is 0.400. The first-order valence-corrected chi connectivity index (χ1v) is 6.75. The van der Waals surface area contributed by atoms with Crippen molar-refractivity contribution in [2.75, 3.05) is 25.0 Å². The molecule has 6 heteroatoms. The molecule has 0 unspecified atom stereocenters. The number of rotatable bonds is 4. The Morgan fingerprint density at radius 2 is 2.14 bits per heavy atom. The first-order valence-electron chi connectivity index (χ1n) is 6.75. The van der Waals surface area contributed by atoms with Crippen LogP contribution in [-0.4, -0.2) is 41.5 Å². The van der Waals surface area contributed by atoms with E-state index in [0.29, 0.717) is 24.3 Å². The number of carbonyl (C=O) groups excluding carboxylic acids is 1. The second-order valence-electron chi connectivity index (χ2n) is 5.32. The van der Waals surface area contributed by atoms with Gasteiger partial charge in [0.2, 0.25) is 5.91 Å². The molecule has 110 valence electrons. The lowest BCUT2D eigenvalue weighted by Gasteiger charge is -2.15. The van der Waals surface area contributed by atoms with E-state index >= 15 is 0 Å². The number of carbonyl (C=O) groups is 2. The van der Waals surface area contributed by atoms with Crippen LogP contribution in [0.15, 0.2) is 24.3 Å². The first kappa shape index (κ1) is 15.0. The van der Waals surface area contributed by atoms with Crippen LogP contribution in [0.3, 0.4) is 0 Å². The van der Waals surface area contributed by atoms with Crippen LogP contribution in [0.25, 0.3) is 0 Å². The van der Waals surface area contributed by atoms with Gasteiger partial charge in [-0.1, -0.05) is 19.1 Å².